The molecular weight excluding hydrogens is 530 g/mol. The molecule has 0 saturated carbocycles. The number of sulfonamides is 1. The van der Waals surface area contributed by atoms with Crippen LogP contribution in [0.25, 0.3) is 0 Å². The Bertz CT molecular complexity index is 1110. The van der Waals surface area contributed by atoms with Crippen LogP contribution in [0.5, 0.6) is 0 Å². The molecule has 0 aromatic heterocycles. The Labute approximate surface area is 209 Å². The molecule has 0 aliphatic carbocycles. The Morgan fingerprint density at radius 2 is 1.70 bits per heavy atom. The first-order chi connectivity index (χ1) is 15.3. The highest BCUT2D eigenvalue weighted by Crippen LogP contribution is 2.25. The summed E-state index contributed by atoms with van der Waals surface area (Å²) in [5, 5.41) is 3.21. The molecule has 2 aromatic rings. The van der Waals surface area contributed by atoms with Gasteiger partial charge >= 0.3 is 0 Å². The van der Waals surface area contributed by atoms with Crippen LogP contribution < -0.4 is 9.62 Å². The van der Waals surface area contributed by atoms with Crippen molar-refractivity contribution in [3.8, 4) is 0 Å². The lowest BCUT2D eigenvalue weighted by atomic mass is 10.1. The molecule has 180 valence electrons. The first-order valence-corrected chi connectivity index (χ1v) is 13.4. The van der Waals surface area contributed by atoms with Gasteiger partial charge in [-0.2, -0.15) is 0 Å². The van der Waals surface area contributed by atoms with Gasteiger partial charge < -0.3 is 10.2 Å². The molecule has 0 bridgehead atoms. The minimum absolute atomic E-state index is 0.105. The summed E-state index contributed by atoms with van der Waals surface area (Å²) in [6.45, 7) is 6.77. The summed E-state index contributed by atoms with van der Waals surface area (Å²) in [5.74, 6) is -0.828. The van der Waals surface area contributed by atoms with E-state index in [1.165, 1.54) is 11.0 Å². The normalized spacial score (nSPS) is 12.4. The molecule has 0 spiro atoms. The number of amides is 2. The second-order valence-corrected chi connectivity index (χ2v) is 11.4. The summed E-state index contributed by atoms with van der Waals surface area (Å²) >= 11 is 9.58. The summed E-state index contributed by atoms with van der Waals surface area (Å²) in [4.78, 5) is 27.5. The number of nitrogens with zero attached hydrogens (tertiary/aromatic N) is 2. The number of halogens is 2. The lowest BCUT2D eigenvalue weighted by molar-refractivity contribution is -0.139. The van der Waals surface area contributed by atoms with E-state index in [0.29, 0.717) is 5.02 Å². The predicted octanol–water partition coefficient (Wildman–Crippen LogP) is 4.12. The number of nitrogens with one attached hydrogen (secondary N) is 1. The maximum absolute atomic E-state index is 13.4. The molecule has 0 heterocycles. The zero-order valence-corrected chi connectivity index (χ0v) is 22.5. The molecule has 0 fully saturated rings. The number of aryl methyl sites for hydroxylation is 1. The fraction of sp³-hybridized carbons (Fsp3) is 0.391. The first-order valence-electron chi connectivity index (χ1n) is 10.4. The molecule has 0 aliphatic heterocycles. The van der Waals surface area contributed by atoms with Crippen LogP contribution >= 0.6 is 27.5 Å². The van der Waals surface area contributed by atoms with Crippen molar-refractivity contribution >= 4 is 55.1 Å². The third-order valence-electron chi connectivity index (χ3n) is 4.99. The van der Waals surface area contributed by atoms with Crippen molar-refractivity contribution < 1.29 is 18.0 Å². The van der Waals surface area contributed by atoms with Gasteiger partial charge in [-0.25, -0.2) is 8.42 Å². The largest absolute Gasteiger partial charge is 0.352 e. The standard InChI is InChI=1S/C23H29BrClN3O4S/c1-15(2)26-23(30)17(4)27(13-18-7-9-19(24)10-8-18)22(29)14-28(33(5,31)32)20-11-6-16(3)21(25)12-20/h6-12,15,17H,13-14H2,1-5H3,(H,26,30)/t17-/m0/s1. The van der Waals surface area contributed by atoms with Crippen LogP contribution in [0.4, 0.5) is 5.69 Å². The first kappa shape index (κ1) is 27.1. The minimum atomic E-state index is -3.80. The summed E-state index contributed by atoms with van der Waals surface area (Å²) in [5.41, 5.74) is 1.88. The summed E-state index contributed by atoms with van der Waals surface area (Å²) in [6, 6.07) is 11.2. The van der Waals surface area contributed by atoms with Crippen LogP contribution in [-0.4, -0.2) is 50.0 Å². The van der Waals surface area contributed by atoms with Crippen LogP contribution in [0.1, 0.15) is 31.9 Å². The van der Waals surface area contributed by atoms with Gasteiger partial charge in [0.1, 0.15) is 12.6 Å². The van der Waals surface area contributed by atoms with E-state index < -0.39 is 28.5 Å². The molecule has 0 radical (unpaired) electrons. The van der Waals surface area contributed by atoms with Gasteiger partial charge in [0.2, 0.25) is 21.8 Å². The van der Waals surface area contributed by atoms with Gasteiger partial charge in [0.25, 0.3) is 0 Å². The number of carbonyl (C=O) groups is 2. The highest BCUT2D eigenvalue weighted by molar-refractivity contribution is 9.10. The monoisotopic (exact) mass is 557 g/mol. The zero-order valence-electron chi connectivity index (χ0n) is 19.3. The van der Waals surface area contributed by atoms with Gasteiger partial charge in [0, 0.05) is 22.1 Å². The summed E-state index contributed by atoms with van der Waals surface area (Å²) < 4.78 is 27.0. The van der Waals surface area contributed by atoms with E-state index >= 15 is 0 Å². The summed E-state index contributed by atoms with van der Waals surface area (Å²) in [7, 11) is -3.80. The average molecular weight is 559 g/mol. The topological polar surface area (TPSA) is 86.8 Å². The Morgan fingerprint density at radius 1 is 1.09 bits per heavy atom. The Hall–Kier alpha value is -2.10. The van der Waals surface area contributed by atoms with Gasteiger partial charge in [-0.1, -0.05) is 45.7 Å². The van der Waals surface area contributed by atoms with Crippen LogP contribution in [0, 0.1) is 6.92 Å². The van der Waals surface area contributed by atoms with E-state index in [1.807, 2.05) is 38.1 Å². The lowest BCUT2D eigenvalue weighted by Crippen LogP contribution is -2.52. The highest BCUT2D eigenvalue weighted by atomic mass is 79.9. The van der Waals surface area contributed by atoms with Crippen molar-refractivity contribution in [2.24, 2.45) is 0 Å². The second kappa shape index (κ2) is 11.4. The van der Waals surface area contributed by atoms with E-state index in [2.05, 4.69) is 21.2 Å². The highest BCUT2D eigenvalue weighted by Gasteiger charge is 2.30. The molecular formula is C23H29BrClN3O4S. The quantitative estimate of drug-likeness (QED) is 0.502. The van der Waals surface area contributed by atoms with Gasteiger partial charge in [0.05, 0.1) is 11.9 Å². The number of hydrogen-bond donors (Lipinski definition) is 1. The third-order valence-corrected chi connectivity index (χ3v) is 7.06. The number of benzene rings is 2. The molecule has 1 atom stereocenters. The fourth-order valence-electron chi connectivity index (χ4n) is 3.12. The van der Waals surface area contributed by atoms with E-state index in [4.69, 9.17) is 11.6 Å². The van der Waals surface area contributed by atoms with Crippen molar-refractivity contribution in [1.82, 2.24) is 10.2 Å². The molecule has 2 amide bonds. The van der Waals surface area contributed by atoms with Gasteiger partial charge in [-0.05, 0) is 63.1 Å². The fourth-order valence-corrected chi connectivity index (χ4v) is 4.41. The minimum Gasteiger partial charge on any atom is -0.352 e. The second-order valence-electron chi connectivity index (χ2n) is 8.19. The van der Waals surface area contributed by atoms with Crippen LogP contribution in [0.3, 0.4) is 0 Å². The Balaban J connectivity index is 2.40. The van der Waals surface area contributed by atoms with Crippen molar-refractivity contribution in [3.63, 3.8) is 0 Å². The van der Waals surface area contributed by atoms with Crippen LogP contribution in [0.15, 0.2) is 46.9 Å². The van der Waals surface area contributed by atoms with Crippen molar-refractivity contribution in [2.75, 3.05) is 17.1 Å². The van der Waals surface area contributed by atoms with Crippen molar-refractivity contribution in [1.29, 1.82) is 0 Å². The number of anilines is 1. The van der Waals surface area contributed by atoms with E-state index in [9.17, 15) is 18.0 Å². The molecule has 1 N–H and O–H groups in total. The molecule has 2 rings (SSSR count). The number of hydrogen-bond acceptors (Lipinski definition) is 4. The average Bonchev–Trinajstić information content (AvgIpc) is 2.71. The Kier molecular flexibility index (Phi) is 9.34. The molecule has 0 saturated heterocycles. The smallest absolute Gasteiger partial charge is 0.244 e. The van der Waals surface area contributed by atoms with E-state index in [0.717, 1.165) is 26.2 Å². The van der Waals surface area contributed by atoms with Crippen molar-refractivity contribution in [2.45, 2.75) is 46.3 Å². The number of rotatable bonds is 9. The third kappa shape index (κ3) is 7.72. The SMILES string of the molecule is Cc1ccc(N(CC(=O)N(Cc2ccc(Br)cc2)[C@@H](C)C(=O)NC(C)C)S(C)(=O)=O)cc1Cl. The van der Waals surface area contributed by atoms with Crippen molar-refractivity contribution in [3.05, 3.63) is 63.1 Å². The van der Waals surface area contributed by atoms with E-state index in [1.54, 1.807) is 26.0 Å². The lowest BCUT2D eigenvalue weighted by Gasteiger charge is -2.32. The molecule has 0 unspecified atom stereocenters. The Morgan fingerprint density at radius 3 is 2.21 bits per heavy atom. The maximum atomic E-state index is 13.4. The number of carbonyl (C=O) groups excluding carboxylic acids is 2. The predicted molar refractivity (Wildman–Crippen MR) is 136 cm³/mol. The molecule has 7 nitrogen and oxygen atoms in total. The molecule has 10 heteroatoms. The van der Waals surface area contributed by atoms with Gasteiger partial charge in [-0.15, -0.1) is 0 Å². The zero-order chi connectivity index (χ0) is 24.9. The molecule has 33 heavy (non-hydrogen) atoms. The van der Waals surface area contributed by atoms with Crippen LogP contribution in [0.2, 0.25) is 5.02 Å². The molecule has 2 aromatic carbocycles. The van der Waals surface area contributed by atoms with Gasteiger partial charge in [0.15, 0.2) is 0 Å². The van der Waals surface area contributed by atoms with Gasteiger partial charge in [-0.3, -0.25) is 13.9 Å². The van der Waals surface area contributed by atoms with Crippen LogP contribution in [-0.2, 0) is 26.2 Å². The maximum Gasteiger partial charge on any atom is 0.244 e. The molecule has 0 aliphatic rings. The summed E-state index contributed by atoms with van der Waals surface area (Å²) in [6.07, 6.45) is 1.03. The van der Waals surface area contributed by atoms with E-state index in [-0.39, 0.29) is 24.2 Å².